The molecule has 1 saturated heterocycles. The van der Waals surface area contributed by atoms with Gasteiger partial charge < -0.3 is 20.4 Å². The van der Waals surface area contributed by atoms with Crippen LogP contribution < -0.4 is 5.32 Å². The van der Waals surface area contributed by atoms with Gasteiger partial charge in [0.25, 0.3) is 0 Å². The van der Waals surface area contributed by atoms with E-state index in [2.05, 4.69) is 5.32 Å². The molecule has 1 fully saturated rings. The van der Waals surface area contributed by atoms with E-state index in [-0.39, 0.29) is 24.6 Å². The molecule has 3 N–H and O–H groups in total. The van der Waals surface area contributed by atoms with E-state index in [4.69, 9.17) is 5.11 Å². The van der Waals surface area contributed by atoms with Crippen LogP contribution in [-0.2, 0) is 6.54 Å². The summed E-state index contributed by atoms with van der Waals surface area (Å²) in [5.74, 6) is -1.10. The number of likely N-dealkylation sites (tertiary alicyclic amines) is 1. The number of phenolic OH excluding ortho intramolecular Hbond substituents is 1. The van der Waals surface area contributed by atoms with Gasteiger partial charge in [-0.15, -0.1) is 0 Å². The normalized spacial score (nSPS) is 22.1. The van der Waals surface area contributed by atoms with Gasteiger partial charge in [0.05, 0.1) is 6.61 Å². The predicted molar refractivity (Wildman–Crippen MR) is 76.3 cm³/mol. The van der Waals surface area contributed by atoms with E-state index in [0.717, 1.165) is 12.8 Å². The zero-order valence-electron chi connectivity index (χ0n) is 12.1. The number of piperidine rings is 1. The number of phenols is 1. The minimum Gasteiger partial charge on any atom is -0.505 e. The highest BCUT2D eigenvalue weighted by atomic mass is 19.1. The summed E-state index contributed by atoms with van der Waals surface area (Å²) in [5.41, 5.74) is 0.334. The molecule has 1 heterocycles. The number of urea groups is 1. The Kier molecular flexibility index (Phi) is 4.67. The van der Waals surface area contributed by atoms with Gasteiger partial charge in [-0.25, -0.2) is 9.18 Å². The summed E-state index contributed by atoms with van der Waals surface area (Å²) in [5, 5.41) is 21.2. The Hall–Kier alpha value is -1.82. The lowest BCUT2D eigenvalue weighted by Gasteiger charge is -2.39. The van der Waals surface area contributed by atoms with Crippen LogP contribution in [0.25, 0.3) is 0 Å². The molecule has 21 heavy (non-hydrogen) atoms. The monoisotopic (exact) mass is 296 g/mol. The molecular weight excluding hydrogens is 275 g/mol. The number of aliphatic hydroxyl groups is 1. The first-order valence-corrected chi connectivity index (χ1v) is 7.04. The lowest BCUT2D eigenvalue weighted by molar-refractivity contribution is 0.0614. The van der Waals surface area contributed by atoms with E-state index < -0.39 is 11.6 Å². The Morgan fingerprint density at radius 3 is 2.95 bits per heavy atom. The molecule has 116 valence electrons. The van der Waals surface area contributed by atoms with Crippen LogP contribution in [0.15, 0.2) is 18.2 Å². The molecule has 0 radical (unpaired) electrons. The number of rotatable bonds is 3. The zero-order valence-corrected chi connectivity index (χ0v) is 12.1. The van der Waals surface area contributed by atoms with E-state index in [1.807, 2.05) is 6.92 Å². The fourth-order valence-corrected chi connectivity index (χ4v) is 2.57. The number of hydrogen-bond acceptors (Lipinski definition) is 3. The van der Waals surface area contributed by atoms with Gasteiger partial charge in [0, 0.05) is 25.0 Å². The first-order valence-electron chi connectivity index (χ1n) is 7.04. The molecule has 2 rings (SSSR count). The average Bonchev–Trinajstić information content (AvgIpc) is 2.48. The average molecular weight is 296 g/mol. The van der Waals surface area contributed by atoms with Crippen LogP contribution in [0.2, 0.25) is 0 Å². The van der Waals surface area contributed by atoms with E-state index in [9.17, 15) is 14.3 Å². The number of benzene rings is 1. The van der Waals surface area contributed by atoms with Crippen molar-refractivity contribution in [2.75, 3.05) is 19.7 Å². The summed E-state index contributed by atoms with van der Waals surface area (Å²) in [6.45, 7) is 3.38. The highest BCUT2D eigenvalue weighted by Crippen LogP contribution is 2.28. The highest BCUT2D eigenvalue weighted by molar-refractivity contribution is 5.74. The molecule has 0 aromatic heterocycles. The Labute approximate surface area is 123 Å². The lowest BCUT2D eigenvalue weighted by atomic mass is 9.83. The van der Waals surface area contributed by atoms with E-state index in [1.165, 1.54) is 12.1 Å². The van der Waals surface area contributed by atoms with Crippen LogP contribution in [0.3, 0.4) is 0 Å². The van der Waals surface area contributed by atoms with Crippen molar-refractivity contribution in [3.63, 3.8) is 0 Å². The SMILES string of the molecule is CC1(CO)CCCN(C(=O)NCc2ccc(O)c(F)c2)C1. The van der Waals surface area contributed by atoms with Gasteiger partial charge in [0.2, 0.25) is 0 Å². The van der Waals surface area contributed by atoms with Gasteiger partial charge in [-0.3, -0.25) is 0 Å². The van der Waals surface area contributed by atoms with Crippen LogP contribution in [0.4, 0.5) is 9.18 Å². The maximum atomic E-state index is 13.2. The molecule has 1 aliphatic heterocycles. The fraction of sp³-hybridized carbons (Fsp3) is 0.533. The number of nitrogens with one attached hydrogen (secondary N) is 1. The van der Waals surface area contributed by atoms with Gasteiger partial charge in [0.1, 0.15) is 0 Å². The largest absolute Gasteiger partial charge is 0.505 e. The van der Waals surface area contributed by atoms with Crippen molar-refractivity contribution in [3.8, 4) is 5.75 Å². The second kappa shape index (κ2) is 6.30. The van der Waals surface area contributed by atoms with E-state index in [1.54, 1.807) is 11.0 Å². The van der Waals surface area contributed by atoms with Gasteiger partial charge >= 0.3 is 6.03 Å². The Morgan fingerprint density at radius 1 is 1.52 bits per heavy atom. The molecule has 2 amide bonds. The van der Waals surface area contributed by atoms with Crippen molar-refractivity contribution < 1.29 is 19.4 Å². The molecule has 0 saturated carbocycles. The second-order valence-electron chi connectivity index (χ2n) is 5.94. The van der Waals surface area contributed by atoms with Crippen molar-refractivity contribution in [3.05, 3.63) is 29.6 Å². The standard InChI is InChI=1S/C15H21FN2O3/c1-15(10-19)5-2-6-18(9-15)14(21)17-8-11-3-4-13(20)12(16)7-11/h3-4,7,19-20H,2,5-6,8-10H2,1H3,(H,17,21). The van der Waals surface area contributed by atoms with Gasteiger partial charge in [0.15, 0.2) is 11.6 Å². The first-order chi connectivity index (χ1) is 9.93. The number of nitrogens with zero attached hydrogens (tertiary/aromatic N) is 1. The summed E-state index contributed by atoms with van der Waals surface area (Å²) in [6, 6.07) is 3.81. The van der Waals surface area contributed by atoms with Crippen LogP contribution in [0, 0.1) is 11.2 Å². The third-order valence-corrected chi connectivity index (χ3v) is 3.91. The molecular formula is C15H21FN2O3. The lowest BCUT2D eigenvalue weighted by Crippen LogP contribution is -2.49. The van der Waals surface area contributed by atoms with Crippen LogP contribution in [0.5, 0.6) is 5.75 Å². The minimum absolute atomic E-state index is 0.0555. The summed E-state index contributed by atoms with van der Waals surface area (Å²) in [7, 11) is 0. The number of aromatic hydroxyl groups is 1. The van der Waals surface area contributed by atoms with E-state index >= 15 is 0 Å². The number of carbonyl (C=O) groups is 1. The van der Waals surface area contributed by atoms with Crippen molar-refractivity contribution in [2.24, 2.45) is 5.41 Å². The smallest absolute Gasteiger partial charge is 0.317 e. The number of halogens is 1. The molecule has 1 unspecified atom stereocenters. The van der Waals surface area contributed by atoms with Crippen molar-refractivity contribution >= 4 is 6.03 Å². The summed E-state index contributed by atoms with van der Waals surface area (Å²) in [4.78, 5) is 13.8. The summed E-state index contributed by atoms with van der Waals surface area (Å²) in [6.07, 6.45) is 1.76. The topological polar surface area (TPSA) is 72.8 Å². The fourth-order valence-electron chi connectivity index (χ4n) is 2.57. The zero-order chi connectivity index (χ0) is 15.5. The second-order valence-corrected chi connectivity index (χ2v) is 5.94. The molecule has 5 nitrogen and oxygen atoms in total. The van der Waals surface area contributed by atoms with Crippen molar-refractivity contribution in [1.29, 1.82) is 0 Å². The van der Waals surface area contributed by atoms with Gasteiger partial charge in [-0.05, 0) is 30.5 Å². The summed E-state index contributed by atoms with van der Waals surface area (Å²) >= 11 is 0. The maximum absolute atomic E-state index is 13.2. The molecule has 0 spiro atoms. The summed E-state index contributed by atoms with van der Waals surface area (Å²) < 4.78 is 13.2. The number of hydrogen-bond donors (Lipinski definition) is 3. The van der Waals surface area contributed by atoms with Crippen molar-refractivity contribution in [1.82, 2.24) is 10.2 Å². The minimum atomic E-state index is -0.701. The quantitative estimate of drug-likeness (QED) is 0.797. The maximum Gasteiger partial charge on any atom is 0.317 e. The van der Waals surface area contributed by atoms with Crippen LogP contribution in [-0.4, -0.2) is 40.8 Å². The molecule has 6 heteroatoms. The number of aliphatic hydroxyl groups excluding tert-OH is 1. The van der Waals surface area contributed by atoms with E-state index in [0.29, 0.717) is 18.7 Å². The van der Waals surface area contributed by atoms with Gasteiger partial charge in [-0.2, -0.15) is 0 Å². The predicted octanol–water partition coefficient (Wildman–Crippen LogP) is 1.84. The van der Waals surface area contributed by atoms with Crippen LogP contribution >= 0.6 is 0 Å². The Morgan fingerprint density at radius 2 is 2.29 bits per heavy atom. The number of amides is 2. The van der Waals surface area contributed by atoms with Crippen molar-refractivity contribution in [2.45, 2.75) is 26.3 Å². The molecule has 0 bridgehead atoms. The third kappa shape index (κ3) is 3.85. The third-order valence-electron chi connectivity index (χ3n) is 3.91. The Bertz CT molecular complexity index is 524. The molecule has 1 aromatic carbocycles. The molecule has 1 atom stereocenters. The molecule has 1 aromatic rings. The number of carbonyl (C=O) groups excluding carboxylic acids is 1. The highest BCUT2D eigenvalue weighted by Gasteiger charge is 2.32. The molecule has 1 aliphatic rings. The first kappa shape index (κ1) is 15.6. The molecule has 0 aliphatic carbocycles. The van der Waals surface area contributed by atoms with Gasteiger partial charge in [-0.1, -0.05) is 13.0 Å². The Balaban J connectivity index is 1.90. The van der Waals surface area contributed by atoms with Crippen LogP contribution in [0.1, 0.15) is 25.3 Å².